The molecule has 0 radical (unpaired) electrons. The van der Waals surface area contributed by atoms with E-state index in [0.29, 0.717) is 15.2 Å². The van der Waals surface area contributed by atoms with Gasteiger partial charge in [0, 0.05) is 6.54 Å². The number of ether oxygens (including phenoxy) is 1. The minimum absolute atomic E-state index is 0.0300. The highest BCUT2D eigenvalue weighted by molar-refractivity contribution is 7.39. The zero-order chi connectivity index (χ0) is 12.8. The van der Waals surface area contributed by atoms with Crippen molar-refractivity contribution in [2.75, 3.05) is 33.9 Å². The Bertz CT molecular complexity index is 212. The van der Waals surface area contributed by atoms with Gasteiger partial charge in [-0.05, 0) is 32.6 Å². The number of nitrogens with zero attached hydrogens (tertiary/aromatic N) is 1. The maximum Gasteiger partial charge on any atom is 0.313 e. The third kappa shape index (κ3) is 8.06. The van der Waals surface area contributed by atoms with Gasteiger partial charge in [0.2, 0.25) is 0 Å². The van der Waals surface area contributed by atoms with Crippen molar-refractivity contribution in [1.82, 2.24) is 4.90 Å². The topological polar surface area (TPSA) is 29.5 Å². The van der Waals surface area contributed by atoms with Gasteiger partial charge in [0.1, 0.15) is 6.61 Å². The van der Waals surface area contributed by atoms with E-state index in [1.54, 1.807) is 0 Å². The van der Waals surface area contributed by atoms with Gasteiger partial charge in [-0.2, -0.15) is 0 Å². The van der Waals surface area contributed by atoms with Gasteiger partial charge in [-0.3, -0.25) is 4.79 Å². The van der Waals surface area contributed by atoms with Crippen molar-refractivity contribution in [1.29, 1.82) is 0 Å². The van der Waals surface area contributed by atoms with Crippen LogP contribution in [0.4, 0.5) is 0 Å². The fourth-order valence-electron chi connectivity index (χ4n) is 1.35. The Morgan fingerprint density at radius 3 is 2.31 bits per heavy atom. The van der Waals surface area contributed by atoms with Crippen molar-refractivity contribution in [3.8, 4) is 0 Å². The molecule has 0 fully saturated rings. The lowest BCUT2D eigenvalue weighted by atomic mass is 9.90. The molecule has 0 rings (SSSR count). The molecule has 0 aliphatic carbocycles. The summed E-state index contributed by atoms with van der Waals surface area (Å²) >= 11 is 0. The van der Waals surface area contributed by atoms with Crippen LogP contribution in [0.1, 0.15) is 27.2 Å². The van der Waals surface area contributed by atoms with Crippen molar-refractivity contribution in [3.05, 3.63) is 0 Å². The molecule has 96 valence electrons. The van der Waals surface area contributed by atoms with E-state index < -0.39 is 0 Å². The first kappa shape index (κ1) is 15.9. The summed E-state index contributed by atoms with van der Waals surface area (Å²) in [5, 5.41) is 0. The Balaban J connectivity index is 4.02. The van der Waals surface area contributed by atoms with Crippen molar-refractivity contribution in [3.63, 3.8) is 0 Å². The standard InChI is InChI=1S/C12H26NO2P/c1-12(2,3)9-10(16-6)11(14)15-8-7-13(4)5/h10,16H,7-9H2,1-6H3. The molecule has 0 aromatic carbocycles. The van der Waals surface area contributed by atoms with Crippen LogP contribution in [-0.2, 0) is 9.53 Å². The largest absolute Gasteiger partial charge is 0.464 e. The van der Waals surface area contributed by atoms with Crippen LogP contribution in [0, 0.1) is 5.41 Å². The quantitative estimate of drug-likeness (QED) is 0.532. The number of carbonyl (C=O) groups excluding carboxylic acids is 1. The molecule has 0 aromatic heterocycles. The SMILES string of the molecule is CPC(CC(C)(C)C)C(=O)OCCN(C)C. The highest BCUT2D eigenvalue weighted by Crippen LogP contribution is 2.30. The maximum atomic E-state index is 11.8. The van der Waals surface area contributed by atoms with Crippen LogP contribution >= 0.6 is 8.58 Å². The number of likely N-dealkylation sites (N-methyl/N-ethyl adjacent to an activating group) is 1. The van der Waals surface area contributed by atoms with Crippen molar-refractivity contribution in [2.24, 2.45) is 5.41 Å². The Labute approximate surface area is 102 Å². The average molecular weight is 247 g/mol. The summed E-state index contributed by atoms with van der Waals surface area (Å²) in [6.07, 6.45) is 0.905. The number of carbonyl (C=O) groups is 1. The van der Waals surface area contributed by atoms with Crippen LogP contribution in [0.15, 0.2) is 0 Å². The molecule has 0 aliphatic rings. The smallest absolute Gasteiger partial charge is 0.313 e. The average Bonchev–Trinajstić information content (AvgIpc) is 2.11. The molecule has 0 aromatic rings. The lowest BCUT2D eigenvalue weighted by molar-refractivity contribution is -0.143. The third-order valence-electron chi connectivity index (χ3n) is 2.23. The molecule has 2 unspecified atom stereocenters. The van der Waals surface area contributed by atoms with E-state index in [4.69, 9.17) is 4.74 Å². The Kier molecular flexibility index (Phi) is 7.17. The summed E-state index contributed by atoms with van der Waals surface area (Å²) < 4.78 is 5.28. The molecule has 0 N–H and O–H groups in total. The number of hydrogen-bond donors (Lipinski definition) is 0. The van der Waals surface area contributed by atoms with Crippen LogP contribution in [0.3, 0.4) is 0 Å². The third-order valence-corrected chi connectivity index (χ3v) is 3.37. The summed E-state index contributed by atoms with van der Waals surface area (Å²) in [6, 6.07) is 0. The Morgan fingerprint density at radius 1 is 1.38 bits per heavy atom. The second-order valence-corrected chi connectivity index (χ2v) is 6.85. The lowest BCUT2D eigenvalue weighted by Crippen LogP contribution is -2.27. The lowest BCUT2D eigenvalue weighted by Gasteiger charge is -2.24. The van der Waals surface area contributed by atoms with Crippen LogP contribution in [0.5, 0.6) is 0 Å². The normalized spacial score (nSPS) is 14.7. The molecule has 4 heteroatoms. The molecular weight excluding hydrogens is 221 g/mol. The minimum Gasteiger partial charge on any atom is -0.464 e. The van der Waals surface area contributed by atoms with Gasteiger partial charge in [-0.25, -0.2) is 0 Å². The zero-order valence-corrected chi connectivity index (χ0v) is 12.5. The van der Waals surface area contributed by atoms with E-state index in [1.165, 1.54) is 0 Å². The van der Waals surface area contributed by atoms with Crippen molar-refractivity contribution >= 4 is 14.6 Å². The van der Waals surface area contributed by atoms with E-state index in [9.17, 15) is 4.79 Å². The summed E-state index contributed by atoms with van der Waals surface area (Å²) in [5.74, 6) is -0.0300. The minimum atomic E-state index is -0.0300. The molecule has 0 saturated carbocycles. The molecule has 16 heavy (non-hydrogen) atoms. The second kappa shape index (κ2) is 7.24. The van der Waals surface area contributed by atoms with Crippen molar-refractivity contribution in [2.45, 2.75) is 32.9 Å². The zero-order valence-electron chi connectivity index (χ0n) is 11.5. The Hall–Kier alpha value is -0.140. The number of rotatable bonds is 6. The van der Waals surface area contributed by atoms with Gasteiger partial charge in [0.05, 0.1) is 5.66 Å². The van der Waals surface area contributed by atoms with Crippen LogP contribution in [0.2, 0.25) is 0 Å². The monoisotopic (exact) mass is 247 g/mol. The van der Waals surface area contributed by atoms with E-state index >= 15 is 0 Å². The molecule has 0 aliphatic heterocycles. The first-order chi connectivity index (χ1) is 7.26. The summed E-state index contributed by atoms with van der Waals surface area (Å²) in [7, 11) is 4.57. The van der Waals surface area contributed by atoms with E-state index in [0.717, 1.165) is 13.0 Å². The van der Waals surface area contributed by atoms with Gasteiger partial charge in [-0.15, -0.1) is 8.58 Å². The van der Waals surface area contributed by atoms with Crippen LogP contribution in [-0.4, -0.2) is 50.4 Å². The molecule has 0 bridgehead atoms. The Morgan fingerprint density at radius 2 is 1.94 bits per heavy atom. The molecule has 3 nitrogen and oxygen atoms in total. The van der Waals surface area contributed by atoms with E-state index in [1.807, 2.05) is 19.0 Å². The first-order valence-electron chi connectivity index (χ1n) is 5.75. The van der Waals surface area contributed by atoms with Crippen LogP contribution in [0.25, 0.3) is 0 Å². The molecule has 0 heterocycles. The first-order valence-corrected chi connectivity index (χ1v) is 7.32. The fraction of sp³-hybridized carbons (Fsp3) is 0.917. The van der Waals surface area contributed by atoms with E-state index in [-0.39, 0.29) is 17.0 Å². The van der Waals surface area contributed by atoms with Gasteiger partial charge in [0.15, 0.2) is 0 Å². The predicted octanol–water partition coefficient (Wildman–Crippen LogP) is 2.20. The molecule has 2 atom stereocenters. The summed E-state index contributed by atoms with van der Waals surface area (Å²) in [4.78, 5) is 13.8. The van der Waals surface area contributed by atoms with Gasteiger partial charge in [-0.1, -0.05) is 20.8 Å². The number of hydrogen-bond acceptors (Lipinski definition) is 3. The summed E-state index contributed by atoms with van der Waals surface area (Å²) in [6.45, 7) is 9.84. The number of esters is 1. The predicted molar refractivity (Wildman–Crippen MR) is 71.6 cm³/mol. The molecular formula is C12H26NO2P. The van der Waals surface area contributed by atoms with Gasteiger partial charge in [0.25, 0.3) is 0 Å². The second-order valence-electron chi connectivity index (χ2n) is 5.58. The fourth-order valence-corrected chi connectivity index (χ4v) is 2.48. The molecule has 0 saturated heterocycles. The highest BCUT2D eigenvalue weighted by atomic mass is 31.1. The van der Waals surface area contributed by atoms with E-state index in [2.05, 4.69) is 27.4 Å². The van der Waals surface area contributed by atoms with Gasteiger partial charge < -0.3 is 9.64 Å². The van der Waals surface area contributed by atoms with Crippen LogP contribution < -0.4 is 0 Å². The van der Waals surface area contributed by atoms with Crippen molar-refractivity contribution < 1.29 is 9.53 Å². The maximum absolute atomic E-state index is 11.8. The molecule has 0 spiro atoms. The van der Waals surface area contributed by atoms with Gasteiger partial charge >= 0.3 is 5.97 Å². The molecule has 0 amide bonds. The summed E-state index contributed by atoms with van der Waals surface area (Å²) in [5.41, 5.74) is 0.260. The highest BCUT2D eigenvalue weighted by Gasteiger charge is 2.24.